The summed E-state index contributed by atoms with van der Waals surface area (Å²) in [6.07, 6.45) is 2.53. The van der Waals surface area contributed by atoms with Crippen molar-refractivity contribution >= 4 is 18.0 Å². The van der Waals surface area contributed by atoms with Crippen LogP contribution in [-0.4, -0.2) is 22.2 Å². The number of rotatable bonds is 7. The Kier molecular flexibility index (Phi) is 6.79. The van der Waals surface area contributed by atoms with Gasteiger partial charge in [0, 0.05) is 11.6 Å². The number of ether oxygens (including phenoxy) is 1. The molecule has 0 amide bonds. The van der Waals surface area contributed by atoms with Gasteiger partial charge in [-0.05, 0) is 58.0 Å². The van der Waals surface area contributed by atoms with E-state index in [4.69, 9.17) is 9.84 Å². The standard InChI is InChI=1S/C27H26O5/c1-27(2,3)23-11-7-18(8-12-23)17-32-24-13-9-20(15-21(24)10-14-25(28)29)19-5-4-6-22(16-19)26(30)31/h4-16H,17H2,1-3H3,(H,28,29)(H,30,31). The summed E-state index contributed by atoms with van der Waals surface area (Å²) >= 11 is 0. The minimum absolute atomic E-state index is 0.0714. The zero-order valence-corrected chi connectivity index (χ0v) is 18.3. The second-order valence-electron chi connectivity index (χ2n) is 8.55. The third-order valence-corrected chi connectivity index (χ3v) is 5.07. The largest absolute Gasteiger partial charge is 0.488 e. The molecule has 0 fully saturated rings. The predicted octanol–water partition coefficient (Wildman–Crippen LogP) is 6.03. The molecule has 0 aliphatic heterocycles. The molecule has 0 spiro atoms. The van der Waals surface area contributed by atoms with Crippen molar-refractivity contribution in [2.24, 2.45) is 0 Å². The van der Waals surface area contributed by atoms with Crippen molar-refractivity contribution in [2.45, 2.75) is 32.8 Å². The molecule has 0 aromatic heterocycles. The zero-order chi connectivity index (χ0) is 23.3. The van der Waals surface area contributed by atoms with Crippen LogP contribution < -0.4 is 4.74 Å². The molecule has 3 aromatic carbocycles. The molecule has 32 heavy (non-hydrogen) atoms. The highest BCUT2D eigenvalue weighted by atomic mass is 16.5. The van der Waals surface area contributed by atoms with Crippen LogP contribution in [0.3, 0.4) is 0 Å². The fraction of sp³-hybridized carbons (Fsp3) is 0.185. The molecule has 0 bridgehead atoms. The normalized spacial score (nSPS) is 11.5. The molecule has 3 rings (SSSR count). The molecule has 0 saturated carbocycles. The molecule has 0 saturated heterocycles. The summed E-state index contributed by atoms with van der Waals surface area (Å²) in [7, 11) is 0. The highest BCUT2D eigenvalue weighted by Gasteiger charge is 2.13. The third kappa shape index (κ3) is 5.85. The molecule has 3 aromatic rings. The Morgan fingerprint density at radius 3 is 2.22 bits per heavy atom. The maximum atomic E-state index is 11.3. The van der Waals surface area contributed by atoms with Crippen molar-refractivity contribution < 1.29 is 24.5 Å². The maximum Gasteiger partial charge on any atom is 0.335 e. The highest BCUT2D eigenvalue weighted by molar-refractivity contribution is 5.90. The molecule has 5 heteroatoms. The van der Waals surface area contributed by atoms with E-state index in [-0.39, 0.29) is 11.0 Å². The lowest BCUT2D eigenvalue weighted by Crippen LogP contribution is -2.10. The summed E-state index contributed by atoms with van der Waals surface area (Å²) in [5.41, 5.74) is 4.58. The SMILES string of the molecule is CC(C)(C)c1ccc(COc2ccc(-c3cccc(C(=O)O)c3)cc2C=CC(=O)O)cc1. The summed E-state index contributed by atoms with van der Waals surface area (Å²) in [5.74, 6) is -1.53. The zero-order valence-electron chi connectivity index (χ0n) is 18.3. The van der Waals surface area contributed by atoms with Crippen LogP contribution >= 0.6 is 0 Å². The van der Waals surface area contributed by atoms with Crippen LogP contribution in [0.4, 0.5) is 0 Å². The number of benzene rings is 3. The Labute approximate surface area is 187 Å². The van der Waals surface area contributed by atoms with Gasteiger partial charge in [-0.25, -0.2) is 9.59 Å². The van der Waals surface area contributed by atoms with Gasteiger partial charge < -0.3 is 14.9 Å². The first-order chi connectivity index (χ1) is 15.1. The quantitative estimate of drug-likeness (QED) is 0.447. The van der Waals surface area contributed by atoms with Crippen molar-refractivity contribution in [3.63, 3.8) is 0 Å². The number of hydrogen-bond acceptors (Lipinski definition) is 3. The molecule has 0 atom stereocenters. The van der Waals surface area contributed by atoms with Gasteiger partial charge in [0.1, 0.15) is 12.4 Å². The van der Waals surface area contributed by atoms with Crippen LogP contribution in [0.1, 0.15) is 47.8 Å². The Balaban J connectivity index is 1.87. The van der Waals surface area contributed by atoms with E-state index < -0.39 is 11.9 Å². The average molecular weight is 431 g/mol. The van der Waals surface area contributed by atoms with Crippen molar-refractivity contribution in [3.05, 3.63) is 95.1 Å². The highest BCUT2D eigenvalue weighted by Crippen LogP contribution is 2.29. The molecule has 0 aliphatic carbocycles. The number of hydrogen-bond donors (Lipinski definition) is 2. The Bertz CT molecular complexity index is 1150. The number of aromatic carboxylic acids is 1. The summed E-state index contributed by atoms with van der Waals surface area (Å²) in [4.78, 5) is 22.3. The van der Waals surface area contributed by atoms with E-state index in [1.807, 2.05) is 24.3 Å². The first-order valence-electron chi connectivity index (χ1n) is 10.2. The lowest BCUT2D eigenvalue weighted by Gasteiger charge is -2.19. The van der Waals surface area contributed by atoms with Gasteiger partial charge in [-0.15, -0.1) is 0 Å². The van der Waals surface area contributed by atoms with Gasteiger partial charge >= 0.3 is 11.9 Å². The number of carboxylic acid groups (broad SMARTS) is 2. The molecule has 5 nitrogen and oxygen atoms in total. The monoisotopic (exact) mass is 430 g/mol. The van der Waals surface area contributed by atoms with Crippen LogP contribution in [0.5, 0.6) is 5.75 Å². The van der Waals surface area contributed by atoms with E-state index in [0.29, 0.717) is 17.9 Å². The lowest BCUT2D eigenvalue weighted by molar-refractivity contribution is -0.131. The maximum absolute atomic E-state index is 11.3. The fourth-order valence-corrected chi connectivity index (χ4v) is 3.24. The predicted molar refractivity (Wildman–Crippen MR) is 125 cm³/mol. The van der Waals surface area contributed by atoms with E-state index in [0.717, 1.165) is 22.8 Å². The third-order valence-electron chi connectivity index (χ3n) is 5.07. The van der Waals surface area contributed by atoms with Crippen molar-refractivity contribution in [1.29, 1.82) is 0 Å². The first-order valence-corrected chi connectivity index (χ1v) is 10.2. The Morgan fingerprint density at radius 2 is 1.59 bits per heavy atom. The molecule has 164 valence electrons. The molecule has 0 radical (unpaired) electrons. The minimum Gasteiger partial charge on any atom is -0.488 e. The Hall–Kier alpha value is -3.86. The van der Waals surface area contributed by atoms with Gasteiger partial charge in [0.05, 0.1) is 5.56 Å². The van der Waals surface area contributed by atoms with Crippen LogP contribution in [0.25, 0.3) is 17.2 Å². The van der Waals surface area contributed by atoms with Gasteiger partial charge in [0.15, 0.2) is 0 Å². The second-order valence-corrected chi connectivity index (χ2v) is 8.55. The van der Waals surface area contributed by atoms with Crippen LogP contribution in [0, 0.1) is 0 Å². The molecule has 0 unspecified atom stereocenters. The summed E-state index contributed by atoms with van der Waals surface area (Å²) in [6.45, 7) is 6.82. The van der Waals surface area contributed by atoms with Crippen LogP contribution in [0.2, 0.25) is 0 Å². The van der Waals surface area contributed by atoms with Gasteiger partial charge in [-0.2, -0.15) is 0 Å². The number of carboxylic acids is 2. The lowest BCUT2D eigenvalue weighted by atomic mass is 9.87. The molecule has 2 N–H and O–H groups in total. The number of aliphatic carboxylic acids is 1. The summed E-state index contributed by atoms with van der Waals surface area (Å²) in [6, 6.07) is 20.2. The van der Waals surface area contributed by atoms with Gasteiger partial charge in [-0.1, -0.05) is 63.2 Å². The first kappa shape index (κ1) is 22.8. The van der Waals surface area contributed by atoms with Crippen LogP contribution in [0.15, 0.2) is 72.8 Å². The molecular weight excluding hydrogens is 404 g/mol. The average Bonchev–Trinajstić information content (AvgIpc) is 2.76. The van der Waals surface area contributed by atoms with Gasteiger partial charge in [-0.3, -0.25) is 0 Å². The molecule has 0 aliphatic rings. The van der Waals surface area contributed by atoms with Crippen molar-refractivity contribution in [3.8, 4) is 16.9 Å². The van der Waals surface area contributed by atoms with Crippen molar-refractivity contribution in [2.75, 3.05) is 0 Å². The fourth-order valence-electron chi connectivity index (χ4n) is 3.24. The van der Waals surface area contributed by atoms with E-state index in [9.17, 15) is 14.7 Å². The van der Waals surface area contributed by atoms with Crippen molar-refractivity contribution in [1.82, 2.24) is 0 Å². The molecular formula is C27H26O5. The topological polar surface area (TPSA) is 83.8 Å². The summed E-state index contributed by atoms with van der Waals surface area (Å²) in [5, 5.41) is 18.3. The van der Waals surface area contributed by atoms with E-state index >= 15 is 0 Å². The van der Waals surface area contributed by atoms with E-state index in [1.54, 1.807) is 24.3 Å². The minimum atomic E-state index is -1.06. The molecule has 0 heterocycles. The van der Waals surface area contributed by atoms with E-state index in [2.05, 4.69) is 32.9 Å². The van der Waals surface area contributed by atoms with E-state index in [1.165, 1.54) is 17.7 Å². The van der Waals surface area contributed by atoms with Crippen LogP contribution in [-0.2, 0) is 16.8 Å². The summed E-state index contributed by atoms with van der Waals surface area (Å²) < 4.78 is 6.00. The second kappa shape index (κ2) is 9.52. The number of carbonyl (C=O) groups is 2. The van der Waals surface area contributed by atoms with Gasteiger partial charge in [0.25, 0.3) is 0 Å². The van der Waals surface area contributed by atoms with Gasteiger partial charge in [0.2, 0.25) is 0 Å². The smallest absolute Gasteiger partial charge is 0.335 e. The Morgan fingerprint density at radius 1 is 0.906 bits per heavy atom.